The van der Waals surface area contributed by atoms with Gasteiger partial charge in [-0.25, -0.2) is 8.78 Å². The Bertz CT molecular complexity index is 2980. The molecule has 0 heterocycles. The standard InChI is InChI=1S/C47H32F2N6O5/c48-38-5-1-3-7-40(38)50-47(59)33-14-22-37-32(26-33)16-24-43(57)45(37)54-52-35-19-12-30(13-20-35)46(58)29-10-17-34(18-11-29)51-53-44-36-21-9-28(25-31(36)15-23-42(44)56)27-60-55-41-8-4-2-6-39(41)49/h1-26,55-57H,27H2,(H,50,59). The van der Waals surface area contributed by atoms with Gasteiger partial charge in [0, 0.05) is 27.5 Å². The molecule has 0 fully saturated rings. The molecule has 8 rings (SSSR count). The Kier molecular flexibility index (Phi) is 11.1. The fourth-order valence-corrected chi connectivity index (χ4v) is 6.33. The maximum Gasteiger partial charge on any atom is 0.255 e. The predicted molar refractivity (Wildman–Crippen MR) is 225 cm³/mol. The van der Waals surface area contributed by atoms with Gasteiger partial charge in [0.2, 0.25) is 0 Å². The fraction of sp³-hybridized carbons (Fsp3) is 0.0213. The first kappa shape index (κ1) is 38.7. The normalized spacial score (nSPS) is 11.4. The summed E-state index contributed by atoms with van der Waals surface area (Å²) in [5.41, 5.74) is 6.18. The Balaban J connectivity index is 0.909. The first-order valence-electron chi connectivity index (χ1n) is 18.5. The van der Waals surface area contributed by atoms with Crippen LogP contribution in [0.3, 0.4) is 0 Å². The van der Waals surface area contributed by atoms with Gasteiger partial charge in [0.05, 0.1) is 29.4 Å². The molecule has 0 saturated carbocycles. The number of ketones is 1. The van der Waals surface area contributed by atoms with Crippen molar-refractivity contribution in [1.29, 1.82) is 0 Å². The van der Waals surface area contributed by atoms with E-state index in [4.69, 9.17) is 4.84 Å². The third kappa shape index (κ3) is 8.56. The number of hydrogen-bond acceptors (Lipinski definition) is 10. The smallest absolute Gasteiger partial charge is 0.255 e. The lowest BCUT2D eigenvalue weighted by Crippen LogP contribution is -2.12. The number of carbonyl (C=O) groups is 2. The van der Waals surface area contributed by atoms with Gasteiger partial charge in [-0.15, -0.1) is 10.2 Å². The lowest BCUT2D eigenvalue weighted by Gasteiger charge is -2.09. The van der Waals surface area contributed by atoms with E-state index in [-0.39, 0.29) is 52.2 Å². The van der Waals surface area contributed by atoms with E-state index in [2.05, 4.69) is 31.3 Å². The number of hydrogen-bond donors (Lipinski definition) is 4. The lowest BCUT2D eigenvalue weighted by atomic mass is 10.0. The third-order valence-electron chi connectivity index (χ3n) is 9.47. The average molecular weight is 799 g/mol. The topological polar surface area (TPSA) is 157 Å². The molecule has 8 aromatic rings. The van der Waals surface area contributed by atoms with Gasteiger partial charge in [-0.3, -0.25) is 19.9 Å². The minimum absolute atomic E-state index is 0.0564. The summed E-state index contributed by atoms with van der Waals surface area (Å²) in [6.45, 7) is 0.160. The van der Waals surface area contributed by atoms with Crippen molar-refractivity contribution in [1.82, 2.24) is 0 Å². The van der Waals surface area contributed by atoms with Crippen LogP contribution in [-0.4, -0.2) is 21.9 Å². The number of phenols is 2. The van der Waals surface area contributed by atoms with Crippen molar-refractivity contribution in [2.75, 3.05) is 10.8 Å². The number of azo groups is 2. The van der Waals surface area contributed by atoms with Gasteiger partial charge in [0.1, 0.15) is 34.5 Å². The molecule has 60 heavy (non-hydrogen) atoms. The molecule has 294 valence electrons. The van der Waals surface area contributed by atoms with Crippen LogP contribution in [-0.2, 0) is 11.4 Å². The number of para-hydroxylation sites is 2. The fourth-order valence-electron chi connectivity index (χ4n) is 6.33. The lowest BCUT2D eigenvalue weighted by molar-refractivity contribution is 0.102. The monoisotopic (exact) mass is 798 g/mol. The number of nitrogens with zero attached hydrogens (tertiary/aromatic N) is 4. The number of amides is 1. The summed E-state index contributed by atoms with van der Waals surface area (Å²) in [7, 11) is 0. The van der Waals surface area contributed by atoms with Crippen molar-refractivity contribution in [3.63, 3.8) is 0 Å². The van der Waals surface area contributed by atoms with Crippen LogP contribution in [0.2, 0.25) is 0 Å². The SMILES string of the molecule is O=C(Nc1ccccc1F)c1ccc2c(N=Nc3ccc(C(=O)c4ccc(N=Nc5c(O)ccc6cc(CONc7ccccc7F)ccc56)cc4)cc3)c(O)ccc2c1. The number of benzene rings is 8. The van der Waals surface area contributed by atoms with E-state index in [1.54, 1.807) is 109 Å². The van der Waals surface area contributed by atoms with E-state index < -0.39 is 17.5 Å². The first-order valence-corrected chi connectivity index (χ1v) is 18.5. The molecule has 0 unspecified atom stereocenters. The highest BCUT2D eigenvalue weighted by molar-refractivity contribution is 6.09. The van der Waals surface area contributed by atoms with Crippen LogP contribution < -0.4 is 10.8 Å². The molecule has 0 aromatic heterocycles. The molecule has 11 nitrogen and oxygen atoms in total. The quantitative estimate of drug-likeness (QED) is 0.0547. The zero-order valence-electron chi connectivity index (χ0n) is 31.4. The Morgan fingerprint density at radius 3 is 1.60 bits per heavy atom. The van der Waals surface area contributed by atoms with Crippen LogP contribution >= 0.6 is 0 Å². The molecule has 0 atom stereocenters. The summed E-state index contributed by atoms with van der Waals surface area (Å²) >= 11 is 0. The molecular weight excluding hydrogens is 767 g/mol. The van der Waals surface area contributed by atoms with Crippen LogP contribution in [0.4, 0.5) is 42.9 Å². The number of halogens is 2. The predicted octanol–water partition coefficient (Wildman–Crippen LogP) is 12.5. The summed E-state index contributed by atoms with van der Waals surface area (Å²) < 4.78 is 27.9. The summed E-state index contributed by atoms with van der Waals surface area (Å²) in [6.07, 6.45) is 0. The van der Waals surface area contributed by atoms with Gasteiger partial charge < -0.3 is 15.5 Å². The van der Waals surface area contributed by atoms with Gasteiger partial charge in [-0.2, -0.15) is 10.2 Å². The van der Waals surface area contributed by atoms with Crippen LogP contribution in [0.1, 0.15) is 31.8 Å². The van der Waals surface area contributed by atoms with Crippen molar-refractivity contribution in [3.05, 3.63) is 192 Å². The van der Waals surface area contributed by atoms with Crippen LogP contribution in [0.15, 0.2) is 178 Å². The maximum absolute atomic E-state index is 14.1. The third-order valence-corrected chi connectivity index (χ3v) is 9.47. The zero-order chi connectivity index (χ0) is 41.6. The van der Waals surface area contributed by atoms with Crippen LogP contribution in [0.5, 0.6) is 11.5 Å². The Morgan fingerprint density at radius 1 is 0.533 bits per heavy atom. The number of nitrogens with one attached hydrogen (secondary N) is 2. The highest BCUT2D eigenvalue weighted by atomic mass is 19.1. The number of aromatic hydroxyl groups is 2. The molecule has 0 bridgehead atoms. The largest absolute Gasteiger partial charge is 0.506 e. The van der Waals surface area contributed by atoms with Crippen molar-refractivity contribution >= 4 is 67.4 Å². The maximum atomic E-state index is 14.1. The number of rotatable bonds is 12. The van der Waals surface area contributed by atoms with E-state index in [9.17, 15) is 28.6 Å². The molecule has 8 aromatic carbocycles. The van der Waals surface area contributed by atoms with Gasteiger partial charge in [0.15, 0.2) is 5.78 Å². The zero-order valence-corrected chi connectivity index (χ0v) is 31.4. The second-order valence-electron chi connectivity index (χ2n) is 13.5. The molecule has 1 amide bonds. The highest BCUT2D eigenvalue weighted by Gasteiger charge is 2.14. The van der Waals surface area contributed by atoms with Gasteiger partial charge >= 0.3 is 0 Å². The Morgan fingerprint density at radius 2 is 1.03 bits per heavy atom. The van der Waals surface area contributed by atoms with Crippen molar-refractivity contribution in [3.8, 4) is 11.5 Å². The number of carbonyl (C=O) groups excluding carboxylic acids is 2. The second-order valence-corrected chi connectivity index (χ2v) is 13.5. The van der Waals surface area contributed by atoms with Crippen molar-refractivity contribution < 1.29 is 33.4 Å². The second kappa shape index (κ2) is 17.1. The molecule has 4 N–H and O–H groups in total. The Labute approximate surface area is 340 Å². The van der Waals surface area contributed by atoms with Gasteiger partial charge in [-0.05, 0) is 119 Å². The van der Waals surface area contributed by atoms with Crippen LogP contribution in [0.25, 0.3) is 21.5 Å². The molecule has 13 heteroatoms. The van der Waals surface area contributed by atoms with Gasteiger partial charge in [0.25, 0.3) is 5.91 Å². The number of phenolic OH excluding ortho intramolecular Hbond substituents is 2. The average Bonchev–Trinajstić information content (AvgIpc) is 3.27. The van der Waals surface area contributed by atoms with E-state index in [1.807, 2.05) is 12.1 Å². The molecule has 0 aliphatic heterocycles. The molecule has 0 aliphatic carbocycles. The van der Waals surface area contributed by atoms with E-state index in [0.29, 0.717) is 38.7 Å². The van der Waals surface area contributed by atoms with Gasteiger partial charge in [-0.1, -0.05) is 54.6 Å². The summed E-state index contributed by atoms with van der Waals surface area (Å²) in [5, 5.41) is 43.5. The minimum atomic E-state index is -0.551. The molecule has 0 aliphatic rings. The minimum Gasteiger partial charge on any atom is -0.506 e. The summed E-state index contributed by atoms with van der Waals surface area (Å²) in [6, 6.07) is 41.8. The van der Waals surface area contributed by atoms with E-state index in [0.717, 1.165) is 10.9 Å². The number of anilines is 2. The number of fused-ring (bicyclic) bond motifs is 2. The van der Waals surface area contributed by atoms with Crippen LogP contribution in [0, 0.1) is 11.6 Å². The molecular formula is C47H32F2N6O5. The summed E-state index contributed by atoms with van der Waals surface area (Å²) in [4.78, 5) is 31.6. The molecule has 0 radical (unpaired) electrons. The molecule has 0 saturated heterocycles. The highest BCUT2D eigenvalue weighted by Crippen LogP contribution is 2.38. The summed E-state index contributed by atoms with van der Waals surface area (Å²) in [5.74, 6) is -1.88. The Hall–Kier alpha value is -8.16. The van der Waals surface area contributed by atoms with Crippen molar-refractivity contribution in [2.24, 2.45) is 20.5 Å². The van der Waals surface area contributed by atoms with Crippen molar-refractivity contribution in [2.45, 2.75) is 6.61 Å². The van der Waals surface area contributed by atoms with E-state index in [1.165, 1.54) is 36.4 Å². The molecule has 0 spiro atoms. The van der Waals surface area contributed by atoms with E-state index >= 15 is 0 Å². The first-order chi connectivity index (χ1) is 29.2.